The maximum atomic E-state index is 12.5. The smallest absolute Gasteiger partial charge is 0.269 e. The lowest BCUT2D eigenvalue weighted by molar-refractivity contribution is -0.384. The van der Waals surface area contributed by atoms with Crippen molar-refractivity contribution in [2.24, 2.45) is 0 Å². The minimum atomic E-state index is -3.73. The third-order valence-corrected chi connectivity index (χ3v) is 5.77. The number of hydrogen-bond acceptors (Lipinski definition) is 5. The van der Waals surface area contributed by atoms with Crippen molar-refractivity contribution in [2.45, 2.75) is 11.8 Å². The zero-order valence-corrected chi connectivity index (χ0v) is 15.8. The van der Waals surface area contributed by atoms with Crippen LogP contribution in [0.5, 0.6) is 0 Å². The number of halogens is 1. The maximum Gasteiger partial charge on any atom is 0.269 e. The molecule has 26 heavy (non-hydrogen) atoms. The Bertz CT molecular complexity index is 989. The van der Waals surface area contributed by atoms with Gasteiger partial charge in [0.05, 0.1) is 20.4 Å². The van der Waals surface area contributed by atoms with E-state index in [2.05, 4.69) is 5.32 Å². The normalized spacial score (nSPS) is 11.4. The van der Waals surface area contributed by atoms with Gasteiger partial charge in [-0.25, -0.2) is 12.7 Å². The number of nitrogens with one attached hydrogen (secondary N) is 1. The molecule has 0 fully saturated rings. The van der Waals surface area contributed by atoms with Gasteiger partial charge in [-0.15, -0.1) is 0 Å². The molecule has 0 atom stereocenters. The fraction of sp³-hybridized carbons (Fsp3) is 0.188. The molecular formula is C16H16ClN3O5S. The number of amides is 1. The standard InChI is InChI=1S/C16H16ClN3O5S/c1-10-8-11(20(22)23)4-7-15(10)18-16(21)13-9-12(5-6-14(13)17)26(24,25)19(2)3/h4-9H,1-3H3,(H,18,21). The van der Waals surface area contributed by atoms with Gasteiger partial charge in [0.2, 0.25) is 10.0 Å². The lowest BCUT2D eigenvalue weighted by Gasteiger charge is -2.14. The Hall–Kier alpha value is -2.49. The number of carbonyl (C=O) groups is 1. The zero-order valence-electron chi connectivity index (χ0n) is 14.2. The van der Waals surface area contributed by atoms with Gasteiger partial charge in [-0.2, -0.15) is 0 Å². The van der Waals surface area contributed by atoms with Crippen LogP contribution in [0.25, 0.3) is 0 Å². The van der Waals surface area contributed by atoms with Crippen LogP contribution < -0.4 is 5.32 Å². The van der Waals surface area contributed by atoms with Gasteiger partial charge in [0.25, 0.3) is 11.6 Å². The van der Waals surface area contributed by atoms with Crippen LogP contribution in [-0.2, 0) is 10.0 Å². The number of nitrogens with zero attached hydrogens (tertiary/aromatic N) is 2. The molecule has 0 radical (unpaired) electrons. The first-order valence-corrected chi connectivity index (χ1v) is 9.14. The molecule has 0 saturated carbocycles. The lowest BCUT2D eigenvalue weighted by Crippen LogP contribution is -2.23. The Balaban J connectivity index is 2.37. The summed E-state index contributed by atoms with van der Waals surface area (Å²) >= 11 is 6.03. The highest BCUT2D eigenvalue weighted by molar-refractivity contribution is 7.89. The summed E-state index contributed by atoms with van der Waals surface area (Å²) < 4.78 is 25.5. The van der Waals surface area contributed by atoms with E-state index in [4.69, 9.17) is 11.6 Å². The van der Waals surface area contributed by atoms with E-state index in [0.717, 1.165) is 4.31 Å². The third kappa shape index (κ3) is 4.01. The summed E-state index contributed by atoms with van der Waals surface area (Å²) in [4.78, 5) is 22.7. The molecule has 1 amide bonds. The van der Waals surface area contributed by atoms with Crippen molar-refractivity contribution in [1.82, 2.24) is 4.31 Å². The molecule has 10 heteroatoms. The van der Waals surface area contributed by atoms with E-state index >= 15 is 0 Å². The van der Waals surface area contributed by atoms with Crippen LogP contribution in [-0.4, -0.2) is 37.6 Å². The zero-order chi connectivity index (χ0) is 19.6. The monoisotopic (exact) mass is 397 g/mol. The van der Waals surface area contributed by atoms with Crippen molar-refractivity contribution in [2.75, 3.05) is 19.4 Å². The van der Waals surface area contributed by atoms with Gasteiger partial charge in [-0.3, -0.25) is 14.9 Å². The Morgan fingerprint density at radius 3 is 2.38 bits per heavy atom. The molecule has 0 spiro atoms. The molecule has 0 aliphatic heterocycles. The minimum absolute atomic E-state index is 0.0210. The molecule has 138 valence electrons. The van der Waals surface area contributed by atoms with Gasteiger partial charge < -0.3 is 5.32 Å². The molecule has 0 heterocycles. The van der Waals surface area contributed by atoms with Crippen LogP contribution in [0.2, 0.25) is 5.02 Å². The predicted molar refractivity (Wildman–Crippen MR) is 98.1 cm³/mol. The Morgan fingerprint density at radius 1 is 1.19 bits per heavy atom. The quantitative estimate of drug-likeness (QED) is 0.615. The van der Waals surface area contributed by atoms with E-state index in [9.17, 15) is 23.3 Å². The number of hydrogen-bond donors (Lipinski definition) is 1. The van der Waals surface area contributed by atoms with Crippen molar-refractivity contribution in [3.05, 3.63) is 62.7 Å². The third-order valence-electron chi connectivity index (χ3n) is 3.63. The fourth-order valence-corrected chi connectivity index (χ4v) is 3.27. The van der Waals surface area contributed by atoms with Gasteiger partial charge in [-0.1, -0.05) is 11.6 Å². The maximum absolute atomic E-state index is 12.5. The van der Waals surface area contributed by atoms with E-state index < -0.39 is 20.9 Å². The van der Waals surface area contributed by atoms with Crippen LogP contribution in [0.3, 0.4) is 0 Å². The molecule has 0 aliphatic carbocycles. The number of nitro benzene ring substituents is 1. The average Bonchev–Trinajstić information content (AvgIpc) is 2.56. The van der Waals surface area contributed by atoms with Crippen LogP contribution in [0.1, 0.15) is 15.9 Å². The molecule has 2 aromatic carbocycles. The number of non-ortho nitro benzene ring substituents is 1. The van der Waals surface area contributed by atoms with Crippen molar-refractivity contribution in [1.29, 1.82) is 0 Å². The number of rotatable bonds is 5. The summed E-state index contributed by atoms with van der Waals surface area (Å²) in [6.45, 7) is 1.61. The van der Waals surface area contributed by atoms with Crippen LogP contribution in [0, 0.1) is 17.0 Å². The second-order valence-electron chi connectivity index (χ2n) is 5.64. The highest BCUT2D eigenvalue weighted by Gasteiger charge is 2.21. The number of carbonyl (C=O) groups excluding carboxylic acids is 1. The summed E-state index contributed by atoms with van der Waals surface area (Å²) in [5, 5.41) is 13.4. The molecule has 0 aliphatic rings. The highest BCUT2D eigenvalue weighted by Crippen LogP contribution is 2.25. The minimum Gasteiger partial charge on any atom is -0.322 e. The van der Waals surface area contributed by atoms with Gasteiger partial charge in [-0.05, 0) is 36.8 Å². The van der Waals surface area contributed by atoms with Crippen molar-refractivity contribution < 1.29 is 18.1 Å². The second-order valence-corrected chi connectivity index (χ2v) is 8.20. The largest absolute Gasteiger partial charge is 0.322 e. The van der Waals surface area contributed by atoms with Crippen LogP contribution >= 0.6 is 11.6 Å². The van der Waals surface area contributed by atoms with Gasteiger partial charge >= 0.3 is 0 Å². The summed E-state index contributed by atoms with van der Waals surface area (Å²) in [5.41, 5.74) is 0.725. The first kappa shape index (κ1) is 19.8. The van der Waals surface area contributed by atoms with E-state index in [1.807, 2.05) is 0 Å². The molecule has 0 saturated heterocycles. The van der Waals surface area contributed by atoms with Gasteiger partial charge in [0.1, 0.15) is 0 Å². The molecule has 2 aromatic rings. The lowest BCUT2D eigenvalue weighted by atomic mass is 10.1. The predicted octanol–water partition coefficient (Wildman–Crippen LogP) is 3.06. The molecule has 2 rings (SSSR count). The Kier molecular flexibility index (Phi) is 5.65. The topological polar surface area (TPSA) is 110 Å². The van der Waals surface area contributed by atoms with Crippen LogP contribution in [0.15, 0.2) is 41.3 Å². The van der Waals surface area contributed by atoms with Crippen molar-refractivity contribution >= 4 is 38.9 Å². The van der Waals surface area contributed by atoms with E-state index in [1.165, 1.54) is 50.5 Å². The van der Waals surface area contributed by atoms with Crippen molar-refractivity contribution in [3.63, 3.8) is 0 Å². The van der Waals surface area contributed by atoms with Gasteiger partial charge in [0, 0.05) is 31.9 Å². The first-order chi connectivity index (χ1) is 12.0. The second kappa shape index (κ2) is 7.40. The number of benzene rings is 2. The molecule has 8 nitrogen and oxygen atoms in total. The Morgan fingerprint density at radius 2 is 1.85 bits per heavy atom. The molecule has 1 N–H and O–H groups in total. The van der Waals surface area contributed by atoms with Crippen molar-refractivity contribution in [3.8, 4) is 0 Å². The van der Waals surface area contributed by atoms with E-state index in [1.54, 1.807) is 6.92 Å². The molecular weight excluding hydrogens is 382 g/mol. The number of nitro groups is 1. The molecule has 0 unspecified atom stereocenters. The number of sulfonamides is 1. The summed E-state index contributed by atoms with van der Waals surface area (Å²) in [7, 11) is -0.968. The average molecular weight is 398 g/mol. The summed E-state index contributed by atoms with van der Waals surface area (Å²) in [6, 6.07) is 7.82. The fourth-order valence-electron chi connectivity index (χ4n) is 2.14. The number of aryl methyl sites for hydroxylation is 1. The highest BCUT2D eigenvalue weighted by atomic mass is 35.5. The molecule has 0 bridgehead atoms. The molecule has 0 aromatic heterocycles. The number of anilines is 1. The summed E-state index contributed by atoms with van der Waals surface area (Å²) in [5.74, 6) is -0.622. The van der Waals surface area contributed by atoms with Crippen LogP contribution in [0.4, 0.5) is 11.4 Å². The van der Waals surface area contributed by atoms with E-state index in [-0.39, 0.29) is 21.2 Å². The summed E-state index contributed by atoms with van der Waals surface area (Å²) in [6.07, 6.45) is 0. The first-order valence-electron chi connectivity index (χ1n) is 7.32. The van der Waals surface area contributed by atoms with E-state index in [0.29, 0.717) is 11.3 Å². The Labute approximate surface area is 155 Å². The SMILES string of the molecule is Cc1cc([N+](=O)[O-])ccc1NC(=O)c1cc(S(=O)(=O)N(C)C)ccc1Cl. The van der Waals surface area contributed by atoms with Gasteiger partial charge in [0.15, 0.2) is 0 Å².